The largest absolute Gasteiger partial charge is 0.312 e. The molecular formula is C13H24N2O2S3. The van der Waals surface area contributed by atoms with Crippen molar-refractivity contribution in [3.63, 3.8) is 0 Å². The third-order valence-electron chi connectivity index (χ3n) is 2.91. The highest BCUT2D eigenvalue weighted by Crippen LogP contribution is 2.19. The lowest BCUT2D eigenvalue weighted by Gasteiger charge is -2.08. The summed E-state index contributed by atoms with van der Waals surface area (Å²) in [5.74, 6) is 0. The van der Waals surface area contributed by atoms with E-state index < -0.39 is 10.0 Å². The number of rotatable bonds is 10. The van der Waals surface area contributed by atoms with Crippen LogP contribution in [0, 0.1) is 0 Å². The van der Waals surface area contributed by atoms with E-state index in [0.29, 0.717) is 16.7 Å². The summed E-state index contributed by atoms with van der Waals surface area (Å²) in [4.78, 5) is 1.43. The molecule has 0 aromatic carbocycles. The molecule has 0 aliphatic heterocycles. The van der Waals surface area contributed by atoms with Crippen molar-refractivity contribution in [3.8, 4) is 0 Å². The predicted molar refractivity (Wildman–Crippen MR) is 89.1 cm³/mol. The maximum Gasteiger partial charge on any atom is 0.241 e. The summed E-state index contributed by atoms with van der Waals surface area (Å²) in [5, 5.41) is 5.45. The Hall–Kier alpha value is -0.0800. The van der Waals surface area contributed by atoms with Crippen LogP contribution in [-0.4, -0.2) is 33.0 Å². The standard InChI is InChI=1S/C13H24N2O2S3/c1-4-6-14-9-12-8-13(10-19-12)20(16,17)15-7-5-11(2)18-3/h8,10-11,14-15H,4-7,9H2,1-3H3. The highest BCUT2D eigenvalue weighted by Gasteiger charge is 2.16. The van der Waals surface area contributed by atoms with Crippen LogP contribution in [0.25, 0.3) is 0 Å². The number of thioether (sulfide) groups is 1. The second kappa shape index (κ2) is 9.04. The van der Waals surface area contributed by atoms with E-state index in [4.69, 9.17) is 0 Å². The van der Waals surface area contributed by atoms with Crippen molar-refractivity contribution in [2.45, 2.75) is 43.4 Å². The minimum atomic E-state index is -3.35. The Labute approximate surface area is 130 Å². The van der Waals surface area contributed by atoms with Crippen molar-refractivity contribution in [1.82, 2.24) is 10.0 Å². The zero-order valence-electron chi connectivity index (χ0n) is 12.3. The fourth-order valence-corrected chi connectivity index (χ4v) is 4.23. The van der Waals surface area contributed by atoms with Gasteiger partial charge in [-0.3, -0.25) is 0 Å². The molecule has 0 aliphatic carbocycles. The van der Waals surface area contributed by atoms with Crippen molar-refractivity contribution in [1.29, 1.82) is 0 Å². The summed E-state index contributed by atoms with van der Waals surface area (Å²) in [5.41, 5.74) is 0. The van der Waals surface area contributed by atoms with Crippen molar-refractivity contribution in [2.24, 2.45) is 0 Å². The van der Waals surface area contributed by atoms with Crippen molar-refractivity contribution in [3.05, 3.63) is 16.3 Å². The molecule has 7 heteroatoms. The molecule has 0 amide bonds. The molecule has 0 aliphatic rings. The van der Waals surface area contributed by atoms with Crippen LogP contribution in [0.15, 0.2) is 16.3 Å². The average molecular weight is 337 g/mol. The summed E-state index contributed by atoms with van der Waals surface area (Å²) in [6.45, 7) is 6.38. The van der Waals surface area contributed by atoms with Gasteiger partial charge < -0.3 is 5.32 Å². The van der Waals surface area contributed by atoms with Gasteiger partial charge in [0, 0.05) is 28.6 Å². The Morgan fingerprint density at radius 3 is 2.80 bits per heavy atom. The maximum absolute atomic E-state index is 12.1. The molecule has 1 unspecified atom stereocenters. The van der Waals surface area contributed by atoms with E-state index in [-0.39, 0.29) is 0 Å². The lowest BCUT2D eigenvalue weighted by Crippen LogP contribution is -2.26. The first-order valence-corrected chi connectivity index (χ1v) is 10.4. The number of nitrogens with one attached hydrogen (secondary N) is 2. The minimum absolute atomic E-state index is 0.382. The van der Waals surface area contributed by atoms with E-state index in [1.165, 1.54) is 11.3 Å². The van der Waals surface area contributed by atoms with Gasteiger partial charge in [0.1, 0.15) is 0 Å². The van der Waals surface area contributed by atoms with Crippen LogP contribution >= 0.6 is 23.1 Å². The molecule has 1 heterocycles. The van der Waals surface area contributed by atoms with Gasteiger partial charge in [-0.1, -0.05) is 13.8 Å². The Balaban J connectivity index is 2.50. The normalized spacial score (nSPS) is 13.6. The van der Waals surface area contributed by atoms with Gasteiger partial charge in [0.15, 0.2) is 0 Å². The van der Waals surface area contributed by atoms with Crippen molar-refractivity contribution in [2.75, 3.05) is 19.3 Å². The second-order valence-electron chi connectivity index (χ2n) is 4.66. The Morgan fingerprint density at radius 1 is 1.40 bits per heavy atom. The summed E-state index contributed by atoms with van der Waals surface area (Å²) >= 11 is 3.23. The maximum atomic E-state index is 12.1. The van der Waals surface area contributed by atoms with Gasteiger partial charge in [0.05, 0.1) is 4.90 Å². The third-order valence-corrected chi connectivity index (χ3v) is 6.48. The van der Waals surface area contributed by atoms with Gasteiger partial charge in [-0.05, 0) is 31.7 Å². The van der Waals surface area contributed by atoms with Gasteiger partial charge in [-0.2, -0.15) is 11.8 Å². The molecule has 20 heavy (non-hydrogen) atoms. The molecule has 1 aromatic heterocycles. The molecule has 0 fully saturated rings. The number of sulfonamides is 1. The predicted octanol–water partition coefficient (Wildman–Crippen LogP) is 2.67. The Kier molecular flexibility index (Phi) is 8.13. The van der Waals surface area contributed by atoms with Gasteiger partial charge in [0.25, 0.3) is 0 Å². The molecule has 116 valence electrons. The lowest BCUT2D eigenvalue weighted by molar-refractivity contribution is 0.579. The molecule has 1 aromatic rings. The first-order chi connectivity index (χ1) is 9.49. The van der Waals surface area contributed by atoms with Gasteiger partial charge in [0.2, 0.25) is 10.0 Å². The van der Waals surface area contributed by atoms with Crippen LogP contribution < -0.4 is 10.0 Å². The summed E-state index contributed by atoms with van der Waals surface area (Å²) in [6, 6.07) is 1.76. The first-order valence-electron chi connectivity index (χ1n) is 6.80. The lowest BCUT2D eigenvalue weighted by atomic mass is 10.3. The Morgan fingerprint density at radius 2 is 2.15 bits per heavy atom. The smallest absolute Gasteiger partial charge is 0.241 e. The molecule has 2 N–H and O–H groups in total. The van der Waals surface area contributed by atoms with E-state index in [1.54, 1.807) is 23.2 Å². The molecule has 0 saturated carbocycles. The fourth-order valence-electron chi connectivity index (χ4n) is 1.58. The molecule has 0 saturated heterocycles. The van der Waals surface area contributed by atoms with Gasteiger partial charge in [-0.25, -0.2) is 13.1 Å². The van der Waals surface area contributed by atoms with Crippen LogP contribution in [0.3, 0.4) is 0 Å². The molecular weight excluding hydrogens is 312 g/mol. The highest BCUT2D eigenvalue weighted by atomic mass is 32.2. The molecule has 1 atom stereocenters. The van der Waals surface area contributed by atoms with E-state index >= 15 is 0 Å². The molecule has 0 radical (unpaired) electrons. The molecule has 0 bridgehead atoms. The van der Waals surface area contributed by atoms with Crippen LogP contribution in [0.4, 0.5) is 0 Å². The average Bonchev–Trinajstić information content (AvgIpc) is 2.88. The fraction of sp³-hybridized carbons (Fsp3) is 0.692. The van der Waals surface area contributed by atoms with Crippen LogP contribution in [0.1, 0.15) is 31.6 Å². The third kappa shape index (κ3) is 6.13. The zero-order valence-corrected chi connectivity index (χ0v) is 14.8. The summed E-state index contributed by atoms with van der Waals surface area (Å²) in [7, 11) is -3.35. The van der Waals surface area contributed by atoms with Crippen LogP contribution in [0.2, 0.25) is 0 Å². The van der Waals surface area contributed by atoms with Crippen LogP contribution in [0.5, 0.6) is 0 Å². The van der Waals surface area contributed by atoms with E-state index in [2.05, 4.69) is 23.9 Å². The van der Waals surface area contributed by atoms with E-state index in [1.807, 2.05) is 6.26 Å². The number of thiophene rings is 1. The summed E-state index contributed by atoms with van der Waals surface area (Å²) in [6.07, 6.45) is 3.95. The minimum Gasteiger partial charge on any atom is -0.312 e. The molecule has 4 nitrogen and oxygen atoms in total. The topological polar surface area (TPSA) is 58.2 Å². The Bertz CT molecular complexity index is 486. The van der Waals surface area contributed by atoms with Gasteiger partial charge >= 0.3 is 0 Å². The zero-order chi connectivity index (χ0) is 15.0. The molecule has 1 rings (SSSR count). The van der Waals surface area contributed by atoms with E-state index in [0.717, 1.165) is 30.8 Å². The number of hydrogen-bond acceptors (Lipinski definition) is 5. The molecule has 0 spiro atoms. The summed E-state index contributed by atoms with van der Waals surface area (Å²) < 4.78 is 26.9. The van der Waals surface area contributed by atoms with Crippen molar-refractivity contribution >= 4 is 33.1 Å². The monoisotopic (exact) mass is 336 g/mol. The van der Waals surface area contributed by atoms with Gasteiger partial charge in [-0.15, -0.1) is 11.3 Å². The van der Waals surface area contributed by atoms with E-state index in [9.17, 15) is 8.42 Å². The quantitative estimate of drug-likeness (QED) is 0.645. The van der Waals surface area contributed by atoms with Crippen LogP contribution in [-0.2, 0) is 16.6 Å². The second-order valence-corrected chi connectivity index (χ2v) is 8.70. The SMILES string of the molecule is CCCNCc1cc(S(=O)(=O)NCCC(C)SC)cs1. The van der Waals surface area contributed by atoms with Crippen molar-refractivity contribution < 1.29 is 8.42 Å². The number of hydrogen-bond donors (Lipinski definition) is 2. The first kappa shape index (κ1) is 18.0. The highest BCUT2D eigenvalue weighted by molar-refractivity contribution is 7.99.